The predicted octanol–water partition coefficient (Wildman–Crippen LogP) is 5.94. The van der Waals surface area contributed by atoms with Crippen molar-refractivity contribution in [2.75, 3.05) is 0 Å². The van der Waals surface area contributed by atoms with E-state index in [0.717, 1.165) is 0 Å². The molecule has 0 aliphatic heterocycles. The van der Waals surface area contributed by atoms with Gasteiger partial charge in [0, 0.05) is 27.2 Å². The second-order valence-corrected chi connectivity index (χ2v) is 7.29. The van der Waals surface area contributed by atoms with Crippen LogP contribution in [0.3, 0.4) is 0 Å². The lowest BCUT2D eigenvalue weighted by Gasteiger charge is -2.21. The summed E-state index contributed by atoms with van der Waals surface area (Å²) in [6.07, 6.45) is 0. The first-order valence-corrected chi connectivity index (χ1v) is 8.22. The number of aryl methyl sites for hydroxylation is 1. The highest BCUT2D eigenvalue weighted by Gasteiger charge is 2.35. The second kappa shape index (κ2) is 4.05. The van der Waals surface area contributed by atoms with E-state index in [4.69, 9.17) is 0 Å². The van der Waals surface area contributed by atoms with Crippen LogP contribution in [-0.4, -0.2) is 4.98 Å². The van der Waals surface area contributed by atoms with E-state index in [9.17, 15) is 0 Å². The number of hydrogen-bond acceptors (Lipinski definition) is 0. The van der Waals surface area contributed by atoms with Crippen LogP contribution in [0, 0.1) is 6.92 Å². The maximum atomic E-state index is 3.58. The van der Waals surface area contributed by atoms with Crippen LogP contribution in [0.4, 0.5) is 0 Å². The van der Waals surface area contributed by atoms with Gasteiger partial charge in [-0.3, -0.25) is 0 Å². The van der Waals surface area contributed by atoms with Crippen molar-refractivity contribution in [1.29, 1.82) is 0 Å². The molecule has 1 aromatic heterocycles. The first-order valence-electron chi connectivity index (χ1n) is 8.22. The molecule has 1 aliphatic carbocycles. The van der Waals surface area contributed by atoms with Gasteiger partial charge in [-0.15, -0.1) is 0 Å². The van der Waals surface area contributed by atoms with E-state index in [-0.39, 0.29) is 5.41 Å². The topological polar surface area (TPSA) is 15.8 Å². The van der Waals surface area contributed by atoms with Crippen LogP contribution in [0.25, 0.3) is 32.9 Å². The van der Waals surface area contributed by atoms with Gasteiger partial charge in [0.05, 0.1) is 0 Å². The van der Waals surface area contributed by atoms with Crippen LogP contribution in [-0.2, 0) is 5.41 Å². The summed E-state index contributed by atoms with van der Waals surface area (Å²) < 4.78 is 0. The standard InChI is InChI=1S/C22H19N/c1-13-8-9-14-16-12-21-17(15-6-4-5-7-20(15)23-21)11-19(16)22(2,3)18(14)10-13/h4-12,23H,1-3H3. The lowest BCUT2D eigenvalue weighted by molar-refractivity contribution is 0.660. The molecule has 23 heavy (non-hydrogen) atoms. The Labute approximate surface area is 136 Å². The molecule has 0 fully saturated rings. The van der Waals surface area contributed by atoms with Crippen LogP contribution in [0.15, 0.2) is 54.6 Å². The molecule has 5 rings (SSSR count). The molecule has 1 heterocycles. The summed E-state index contributed by atoms with van der Waals surface area (Å²) in [4.78, 5) is 3.58. The summed E-state index contributed by atoms with van der Waals surface area (Å²) in [6, 6.07) is 20.2. The van der Waals surface area contributed by atoms with E-state index in [1.165, 1.54) is 49.6 Å². The molecule has 0 bridgehead atoms. The number of H-pyrrole nitrogens is 1. The van der Waals surface area contributed by atoms with Crippen molar-refractivity contribution in [2.45, 2.75) is 26.2 Å². The zero-order valence-corrected chi connectivity index (χ0v) is 13.7. The minimum absolute atomic E-state index is 0.0588. The van der Waals surface area contributed by atoms with Gasteiger partial charge in [0.2, 0.25) is 0 Å². The molecule has 0 spiro atoms. The first kappa shape index (κ1) is 13.0. The van der Waals surface area contributed by atoms with Crippen LogP contribution in [0.5, 0.6) is 0 Å². The minimum atomic E-state index is 0.0588. The molecule has 1 aliphatic rings. The fourth-order valence-corrected chi connectivity index (χ4v) is 4.19. The Morgan fingerprint density at radius 1 is 0.739 bits per heavy atom. The zero-order chi connectivity index (χ0) is 15.8. The first-order chi connectivity index (χ1) is 11.1. The third-order valence-corrected chi connectivity index (χ3v) is 5.46. The Bertz CT molecular complexity index is 1100. The van der Waals surface area contributed by atoms with Gasteiger partial charge in [0.15, 0.2) is 0 Å². The zero-order valence-electron chi connectivity index (χ0n) is 13.7. The number of benzene rings is 3. The van der Waals surface area contributed by atoms with Crippen molar-refractivity contribution in [3.05, 3.63) is 71.3 Å². The molecule has 3 aromatic carbocycles. The molecule has 0 saturated carbocycles. The summed E-state index contributed by atoms with van der Waals surface area (Å²) in [7, 11) is 0. The molecule has 0 amide bonds. The van der Waals surface area contributed by atoms with Crippen LogP contribution in [0.2, 0.25) is 0 Å². The Hall–Kier alpha value is -2.54. The van der Waals surface area contributed by atoms with Gasteiger partial charge >= 0.3 is 0 Å². The fourth-order valence-electron chi connectivity index (χ4n) is 4.19. The third-order valence-electron chi connectivity index (χ3n) is 5.46. The lowest BCUT2D eigenvalue weighted by atomic mass is 9.81. The largest absolute Gasteiger partial charge is 0.354 e. The summed E-state index contributed by atoms with van der Waals surface area (Å²) >= 11 is 0. The van der Waals surface area contributed by atoms with Gasteiger partial charge in [-0.05, 0) is 47.4 Å². The maximum Gasteiger partial charge on any atom is 0.0471 e. The van der Waals surface area contributed by atoms with E-state index in [2.05, 4.69) is 80.4 Å². The minimum Gasteiger partial charge on any atom is -0.354 e. The van der Waals surface area contributed by atoms with Crippen LogP contribution >= 0.6 is 0 Å². The van der Waals surface area contributed by atoms with Crippen molar-refractivity contribution >= 4 is 21.8 Å². The van der Waals surface area contributed by atoms with Crippen molar-refractivity contribution < 1.29 is 0 Å². The molecule has 1 nitrogen and oxygen atoms in total. The summed E-state index contributed by atoms with van der Waals surface area (Å²) in [5, 5.41) is 2.64. The van der Waals surface area contributed by atoms with Crippen molar-refractivity contribution in [3.63, 3.8) is 0 Å². The molecular weight excluding hydrogens is 278 g/mol. The number of nitrogens with one attached hydrogen (secondary N) is 1. The van der Waals surface area contributed by atoms with Gasteiger partial charge in [-0.2, -0.15) is 0 Å². The van der Waals surface area contributed by atoms with Gasteiger partial charge in [0.25, 0.3) is 0 Å². The average molecular weight is 297 g/mol. The Balaban J connectivity index is 1.92. The highest BCUT2D eigenvalue weighted by Crippen LogP contribution is 2.50. The second-order valence-electron chi connectivity index (χ2n) is 7.29. The Morgan fingerprint density at radius 3 is 2.39 bits per heavy atom. The fraction of sp³-hybridized carbons (Fsp3) is 0.182. The molecule has 1 heteroatoms. The van der Waals surface area contributed by atoms with Gasteiger partial charge in [-0.1, -0.05) is 55.8 Å². The quantitative estimate of drug-likeness (QED) is 0.413. The molecular formula is C22H19N. The van der Waals surface area contributed by atoms with Crippen molar-refractivity contribution in [2.24, 2.45) is 0 Å². The monoisotopic (exact) mass is 297 g/mol. The Kier molecular flexibility index (Phi) is 2.28. The molecule has 0 unspecified atom stereocenters. The van der Waals surface area contributed by atoms with Crippen LogP contribution < -0.4 is 0 Å². The van der Waals surface area contributed by atoms with Gasteiger partial charge in [-0.25, -0.2) is 0 Å². The summed E-state index contributed by atoms with van der Waals surface area (Å²) in [5.41, 5.74) is 9.49. The normalized spacial score (nSPS) is 15.1. The molecule has 112 valence electrons. The number of para-hydroxylation sites is 1. The van der Waals surface area contributed by atoms with Crippen LogP contribution in [0.1, 0.15) is 30.5 Å². The molecule has 0 saturated heterocycles. The maximum absolute atomic E-state index is 3.58. The van der Waals surface area contributed by atoms with Gasteiger partial charge < -0.3 is 4.98 Å². The van der Waals surface area contributed by atoms with Crippen molar-refractivity contribution in [3.8, 4) is 11.1 Å². The molecule has 0 atom stereocenters. The molecule has 4 aromatic rings. The van der Waals surface area contributed by atoms with E-state index < -0.39 is 0 Å². The smallest absolute Gasteiger partial charge is 0.0471 e. The van der Waals surface area contributed by atoms with E-state index in [1.54, 1.807) is 0 Å². The number of fused-ring (bicyclic) bond motifs is 6. The summed E-state index contributed by atoms with van der Waals surface area (Å²) in [5.74, 6) is 0. The number of aromatic nitrogens is 1. The van der Waals surface area contributed by atoms with Crippen molar-refractivity contribution in [1.82, 2.24) is 4.98 Å². The Morgan fingerprint density at radius 2 is 1.52 bits per heavy atom. The number of aromatic amines is 1. The summed E-state index contributed by atoms with van der Waals surface area (Å²) in [6.45, 7) is 6.87. The van der Waals surface area contributed by atoms with E-state index >= 15 is 0 Å². The molecule has 0 radical (unpaired) electrons. The van der Waals surface area contributed by atoms with E-state index in [0.29, 0.717) is 0 Å². The third kappa shape index (κ3) is 1.57. The average Bonchev–Trinajstić information content (AvgIpc) is 3.00. The predicted molar refractivity (Wildman–Crippen MR) is 98.1 cm³/mol. The lowest BCUT2D eigenvalue weighted by Crippen LogP contribution is -2.15. The highest BCUT2D eigenvalue weighted by molar-refractivity contribution is 6.09. The number of hydrogen-bond donors (Lipinski definition) is 1. The highest BCUT2D eigenvalue weighted by atomic mass is 14.7. The number of rotatable bonds is 0. The van der Waals surface area contributed by atoms with E-state index in [1.807, 2.05) is 0 Å². The SMILES string of the molecule is Cc1ccc2c(c1)C(C)(C)c1cc3c(cc1-2)[nH]c1ccccc13. The molecule has 1 N–H and O–H groups in total. The van der Waals surface area contributed by atoms with Gasteiger partial charge in [0.1, 0.15) is 0 Å².